The van der Waals surface area contributed by atoms with E-state index in [2.05, 4.69) is 0 Å². The van der Waals surface area contributed by atoms with E-state index >= 15 is 0 Å². The molecule has 0 spiro atoms. The van der Waals surface area contributed by atoms with Gasteiger partial charge in [-0.15, -0.1) is 0 Å². The lowest BCUT2D eigenvalue weighted by Gasteiger charge is -2.38. The molecule has 4 nitrogen and oxygen atoms in total. The Morgan fingerprint density at radius 3 is 1.89 bits per heavy atom. The van der Waals surface area contributed by atoms with Gasteiger partial charge in [0.15, 0.2) is 0 Å². The van der Waals surface area contributed by atoms with Crippen LogP contribution in [0.2, 0.25) is 0 Å². The molecule has 142 valence electrons. The van der Waals surface area contributed by atoms with E-state index < -0.39 is 9.84 Å². The highest BCUT2D eigenvalue weighted by Gasteiger charge is 2.45. The lowest BCUT2D eigenvalue weighted by Crippen LogP contribution is -2.49. The monoisotopic (exact) mass is 387 g/mol. The maximum atomic E-state index is 13.1. The number of hydrogen-bond donors (Lipinski definition) is 0. The van der Waals surface area contributed by atoms with Crippen LogP contribution >= 0.6 is 0 Å². The number of rotatable bonds is 3. The van der Waals surface area contributed by atoms with E-state index in [1.54, 1.807) is 24.3 Å². The minimum absolute atomic E-state index is 0.00718. The summed E-state index contributed by atoms with van der Waals surface area (Å²) in [4.78, 5) is 14.9. The van der Waals surface area contributed by atoms with Crippen molar-refractivity contribution in [1.82, 2.24) is 4.90 Å². The maximum absolute atomic E-state index is 13.1. The first-order valence-corrected chi connectivity index (χ1v) is 11.2. The molecule has 2 aromatic carbocycles. The summed E-state index contributed by atoms with van der Waals surface area (Å²) >= 11 is 0. The summed E-state index contributed by atoms with van der Waals surface area (Å²) in [6, 6.07) is 13.6. The van der Waals surface area contributed by atoms with Crippen LogP contribution in [0.4, 0.5) is 4.39 Å². The fraction of sp³-hybridized carbons (Fsp3) is 0.381. The predicted molar refractivity (Wildman–Crippen MR) is 103 cm³/mol. The third-order valence-corrected chi connectivity index (χ3v) is 7.44. The SMILES string of the molecule is CS(=O)(=O)C1CC2CCC(C1)N2C(=O)c1ccc(-c2ccc(F)cc2)cc1. The predicted octanol–water partition coefficient (Wildman–Crippen LogP) is 3.67. The molecule has 0 aromatic heterocycles. The van der Waals surface area contributed by atoms with E-state index in [4.69, 9.17) is 0 Å². The molecule has 6 heteroatoms. The maximum Gasteiger partial charge on any atom is 0.254 e. The Kier molecular flexibility index (Phi) is 4.54. The molecular weight excluding hydrogens is 365 g/mol. The minimum atomic E-state index is -3.07. The van der Waals surface area contributed by atoms with Crippen LogP contribution in [0, 0.1) is 5.82 Å². The zero-order chi connectivity index (χ0) is 19.2. The van der Waals surface area contributed by atoms with E-state index in [0.717, 1.165) is 24.0 Å². The number of carbonyl (C=O) groups excluding carboxylic acids is 1. The van der Waals surface area contributed by atoms with Gasteiger partial charge in [-0.2, -0.15) is 0 Å². The molecule has 4 rings (SSSR count). The molecule has 1 amide bonds. The van der Waals surface area contributed by atoms with Crippen molar-refractivity contribution in [2.24, 2.45) is 0 Å². The highest BCUT2D eigenvalue weighted by Crippen LogP contribution is 2.39. The van der Waals surface area contributed by atoms with Gasteiger partial charge in [0, 0.05) is 23.9 Å². The highest BCUT2D eigenvalue weighted by atomic mass is 32.2. The van der Waals surface area contributed by atoms with Crippen LogP contribution in [-0.4, -0.2) is 42.8 Å². The van der Waals surface area contributed by atoms with Gasteiger partial charge in [0.05, 0.1) is 5.25 Å². The van der Waals surface area contributed by atoms with Crippen LogP contribution in [0.3, 0.4) is 0 Å². The Morgan fingerprint density at radius 1 is 0.926 bits per heavy atom. The van der Waals surface area contributed by atoms with Gasteiger partial charge < -0.3 is 4.90 Å². The van der Waals surface area contributed by atoms with Gasteiger partial charge in [-0.3, -0.25) is 4.79 Å². The van der Waals surface area contributed by atoms with E-state index in [9.17, 15) is 17.6 Å². The summed E-state index contributed by atoms with van der Waals surface area (Å²) in [6.07, 6.45) is 4.11. The van der Waals surface area contributed by atoms with Gasteiger partial charge >= 0.3 is 0 Å². The average Bonchev–Trinajstić information content (AvgIpc) is 2.90. The van der Waals surface area contributed by atoms with Gasteiger partial charge in [0.1, 0.15) is 15.7 Å². The average molecular weight is 387 g/mol. The van der Waals surface area contributed by atoms with Crippen LogP contribution < -0.4 is 0 Å². The van der Waals surface area contributed by atoms with Crippen molar-refractivity contribution in [3.05, 3.63) is 59.9 Å². The largest absolute Gasteiger partial charge is 0.333 e. The lowest BCUT2D eigenvalue weighted by molar-refractivity contribution is 0.0598. The Labute approximate surface area is 158 Å². The molecular formula is C21H22FNO3S. The van der Waals surface area contributed by atoms with E-state index in [0.29, 0.717) is 18.4 Å². The summed E-state index contributed by atoms with van der Waals surface area (Å²) in [5.41, 5.74) is 2.42. The van der Waals surface area contributed by atoms with E-state index in [1.807, 2.05) is 17.0 Å². The number of amides is 1. The van der Waals surface area contributed by atoms with Crippen molar-refractivity contribution in [2.45, 2.75) is 43.0 Å². The smallest absolute Gasteiger partial charge is 0.254 e. The molecule has 0 saturated carbocycles. The molecule has 0 radical (unpaired) electrons. The number of benzene rings is 2. The van der Waals surface area contributed by atoms with Gasteiger partial charge in [-0.05, 0) is 61.1 Å². The second-order valence-corrected chi connectivity index (χ2v) is 9.93. The number of hydrogen-bond acceptors (Lipinski definition) is 3. The Morgan fingerprint density at radius 2 is 1.41 bits per heavy atom. The molecule has 2 bridgehead atoms. The number of fused-ring (bicyclic) bond motifs is 2. The molecule has 0 N–H and O–H groups in total. The molecule has 2 aliphatic rings. The first kappa shape index (κ1) is 18.2. The number of nitrogens with zero attached hydrogens (tertiary/aromatic N) is 1. The number of carbonyl (C=O) groups is 1. The molecule has 0 aliphatic carbocycles. The summed E-state index contributed by atoms with van der Waals surface area (Å²) in [6.45, 7) is 0. The standard InChI is InChI=1S/C21H22FNO3S/c1-27(25,26)20-12-18-10-11-19(13-20)23(18)21(24)16-4-2-14(3-5-16)15-6-8-17(22)9-7-15/h2-9,18-20H,10-13H2,1H3. The zero-order valence-electron chi connectivity index (χ0n) is 15.1. The summed E-state index contributed by atoms with van der Waals surface area (Å²) in [5.74, 6) is -0.307. The van der Waals surface area contributed by atoms with Crippen LogP contribution in [0.15, 0.2) is 48.5 Å². The van der Waals surface area contributed by atoms with Crippen molar-refractivity contribution in [3.8, 4) is 11.1 Å². The van der Waals surface area contributed by atoms with E-state index in [-0.39, 0.29) is 29.1 Å². The fourth-order valence-electron chi connectivity index (χ4n) is 4.40. The Balaban J connectivity index is 1.53. The number of halogens is 1. The number of sulfone groups is 1. The second kappa shape index (κ2) is 6.75. The van der Waals surface area contributed by atoms with Crippen molar-refractivity contribution in [2.75, 3.05) is 6.26 Å². The summed E-state index contributed by atoms with van der Waals surface area (Å²) in [5, 5.41) is -0.333. The molecule has 2 aromatic rings. The number of piperidine rings is 1. The Bertz CT molecular complexity index is 940. The third kappa shape index (κ3) is 3.50. The first-order valence-electron chi connectivity index (χ1n) is 9.20. The topological polar surface area (TPSA) is 54.5 Å². The van der Waals surface area contributed by atoms with Crippen LogP contribution in [0.5, 0.6) is 0 Å². The van der Waals surface area contributed by atoms with Gasteiger partial charge in [0.2, 0.25) is 0 Å². The fourth-order valence-corrected chi connectivity index (χ4v) is 5.55. The summed E-state index contributed by atoms with van der Waals surface area (Å²) < 4.78 is 36.9. The van der Waals surface area contributed by atoms with Crippen molar-refractivity contribution in [1.29, 1.82) is 0 Å². The van der Waals surface area contributed by atoms with Crippen LogP contribution in [0.1, 0.15) is 36.0 Å². The van der Waals surface area contributed by atoms with Crippen molar-refractivity contribution < 1.29 is 17.6 Å². The lowest BCUT2D eigenvalue weighted by atomic mass is 9.99. The minimum Gasteiger partial charge on any atom is -0.333 e. The van der Waals surface area contributed by atoms with E-state index in [1.165, 1.54) is 18.4 Å². The third-order valence-electron chi connectivity index (χ3n) is 5.84. The molecule has 2 saturated heterocycles. The molecule has 27 heavy (non-hydrogen) atoms. The molecule has 2 atom stereocenters. The van der Waals surface area contributed by atoms with Crippen LogP contribution in [-0.2, 0) is 9.84 Å². The van der Waals surface area contributed by atoms with Gasteiger partial charge in [-0.1, -0.05) is 24.3 Å². The highest BCUT2D eigenvalue weighted by molar-refractivity contribution is 7.91. The van der Waals surface area contributed by atoms with Crippen LogP contribution in [0.25, 0.3) is 11.1 Å². The van der Waals surface area contributed by atoms with Gasteiger partial charge in [-0.25, -0.2) is 12.8 Å². The molecule has 2 heterocycles. The quantitative estimate of drug-likeness (QED) is 0.807. The zero-order valence-corrected chi connectivity index (χ0v) is 16.0. The molecule has 2 fully saturated rings. The van der Waals surface area contributed by atoms with Crippen molar-refractivity contribution >= 4 is 15.7 Å². The summed E-state index contributed by atoms with van der Waals surface area (Å²) in [7, 11) is -3.07. The first-order chi connectivity index (χ1) is 12.8. The second-order valence-electron chi connectivity index (χ2n) is 7.60. The molecule has 2 unspecified atom stereocenters. The Hall–Kier alpha value is -2.21. The normalized spacial score (nSPS) is 24.8. The molecule has 2 aliphatic heterocycles. The van der Waals surface area contributed by atoms with Crippen molar-refractivity contribution in [3.63, 3.8) is 0 Å². The van der Waals surface area contributed by atoms with Gasteiger partial charge in [0.25, 0.3) is 5.91 Å².